The fourth-order valence-electron chi connectivity index (χ4n) is 8.65. The van der Waals surface area contributed by atoms with Gasteiger partial charge in [0.1, 0.15) is 11.4 Å². The van der Waals surface area contributed by atoms with Crippen LogP contribution in [0.15, 0.2) is 88.6 Å². The second-order valence-electron chi connectivity index (χ2n) is 14.9. The number of aryl methyl sites for hydroxylation is 1. The Bertz CT molecular complexity index is 2510. The van der Waals surface area contributed by atoms with Crippen molar-refractivity contribution in [3.63, 3.8) is 0 Å². The van der Waals surface area contributed by atoms with Crippen LogP contribution in [0.2, 0.25) is 0 Å². The monoisotopic (exact) mass is 837 g/mol. The lowest BCUT2D eigenvalue weighted by Gasteiger charge is -2.50. The Labute approximate surface area is 337 Å². The summed E-state index contributed by atoms with van der Waals surface area (Å²) in [6, 6.07) is 17.6. The minimum Gasteiger partial charge on any atom is -0.508 e. The maximum absolute atomic E-state index is 15.3. The molecule has 4 aromatic carbocycles. The number of carbonyl (C=O) groups is 4. The highest BCUT2D eigenvalue weighted by Crippen LogP contribution is 2.66. The second kappa shape index (κ2) is 13.7. The fraction of sp³-hybridized carbons (Fsp3) is 0.268. The van der Waals surface area contributed by atoms with Gasteiger partial charge < -0.3 is 10.0 Å². The molecule has 6 atom stereocenters. The third kappa shape index (κ3) is 5.49. The Kier molecular flexibility index (Phi) is 9.27. The van der Waals surface area contributed by atoms with Gasteiger partial charge in [-0.3, -0.25) is 24.1 Å². The van der Waals surface area contributed by atoms with Crippen molar-refractivity contribution in [3.8, 4) is 5.75 Å². The SMILES string of the molecule is Cc1cc(C2C3=CCC4C(=O)N(c5ccc(N=Nc6ccc(N(C)C)cc6)cc5)C(=O)C4C3CC3(Cl)C(=O)N(c4c(F)c(F)c(F)c(F)c4F)C(=O)C23Cl)ccc1O. The molecule has 0 bridgehead atoms. The molecule has 2 saturated heterocycles. The molecule has 3 fully saturated rings. The van der Waals surface area contributed by atoms with E-state index >= 15 is 8.78 Å². The number of alkyl halides is 2. The van der Waals surface area contributed by atoms with Gasteiger partial charge in [0, 0.05) is 25.7 Å². The van der Waals surface area contributed by atoms with Gasteiger partial charge in [0.25, 0.3) is 11.8 Å². The van der Waals surface area contributed by atoms with Gasteiger partial charge in [0.05, 0.1) is 28.9 Å². The van der Waals surface area contributed by atoms with E-state index in [1.54, 1.807) is 30.3 Å². The van der Waals surface area contributed by atoms with E-state index in [1.807, 2.05) is 31.1 Å². The smallest absolute Gasteiger partial charge is 0.258 e. The zero-order chi connectivity index (χ0) is 41.7. The van der Waals surface area contributed by atoms with Crippen LogP contribution in [-0.4, -0.2) is 52.6 Å². The molecule has 2 aliphatic heterocycles. The molecular formula is C41H30Cl2F5N5O5. The zero-order valence-corrected chi connectivity index (χ0v) is 32.1. The average molecular weight is 839 g/mol. The average Bonchev–Trinajstić information content (AvgIpc) is 3.54. The number of aromatic hydroxyl groups is 1. The number of rotatable bonds is 6. The number of anilines is 3. The van der Waals surface area contributed by atoms with Gasteiger partial charge in [-0.15, -0.1) is 23.2 Å². The lowest BCUT2D eigenvalue weighted by atomic mass is 9.56. The van der Waals surface area contributed by atoms with Crippen LogP contribution in [-0.2, 0) is 19.2 Å². The summed E-state index contributed by atoms with van der Waals surface area (Å²) >= 11 is 14.4. The molecule has 1 saturated carbocycles. The lowest BCUT2D eigenvalue weighted by molar-refractivity contribution is -0.125. The van der Waals surface area contributed by atoms with E-state index in [2.05, 4.69) is 10.2 Å². The van der Waals surface area contributed by atoms with Crippen LogP contribution in [0.1, 0.15) is 29.9 Å². The molecule has 4 aromatic rings. The molecule has 2 aliphatic carbocycles. The molecule has 58 heavy (non-hydrogen) atoms. The minimum atomic E-state index is -2.67. The first kappa shape index (κ1) is 39.2. The maximum atomic E-state index is 15.3. The number of benzene rings is 4. The predicted octanol–water partition coefficient (Wildman–Crippen LogP) is 8.65. The highest BCUT2D eigenvalue weighted by atomic mass is 35.5. The molecule has 1 N–H and O–H groups in total. The van der Waals surface area contributed by atoms with Crippen LogP contribution in [0.4, 0.5) is 50.4 Å². The maximum Gasteiger partial charge on any atom is 0.258 e. The Morgan fingerprint density at radius 1 is 0.741 bits per heavy atom. The van der Waals surface area contributed by atoms with Crippen LogP contribution in [0.5, 0.6) is 5.75 Å². The van der Waals surface area contributed by atoms with Gasteiger partial charge in [0.15, 0.2) is 33.0 Å². The summed E-state index contributed by atoms with van der Waals surface area (Å²) < 4.78 is 73.7. The molecule has 6 unspecified atom stereocenters. The van der Waals surface area contributed by atoms with Gasteiger partial charge >= 0.3 is 0 Å². The second-order valence-corrected chi connectivity index (χ2v) is 16.1. The Morgan fingerprint density at radius 2 is 1.31 bits per heavy atom. The summed E-state index contributed by atoms with van der Waals surface area (Å²) in [4.78, 5) is 54.7. The fourth-order valence-corrected chi connectivity index (χ4v) is 9.59. The van der Waals surface area contributed by atoms with Crippen LogP contribution in [0.3, 0.4) is 0 Å². The van der Waals surface area contributed by atoms with Crippen molar-refractivity contribution >= 4 is 75.3 Å². The third-order valence-electron chi connectivity index (χ3n) is 11.5. The predicted molar refractivity (Wildman–Crippen MR) is 203 cm³/mol. The third-order valence-corrected chi connectivity index (χ3v) is 12.9. The Morgan fingerprint density at radius 3 is 1.88 bits per heavy atom. The summed E-state index contributed by atoms with van der Waals surface area (Å²) in [5.74, 6) is -21.6. The van der Waals surface area contributed by atoms with E-state index in [1.165, 1.54) is 37.3 Å². The van der Waals surface area contributed by atoms with Crippen molar-refractivity contribution in [2.24, 2.45) is 28.0 Å². The number of hydrogen-bond donors (Lipinski definition) is 1. The van der Waals surface area contributed by atoms with Crippen molar-refractivity contribution in [1.82, 2.24) is 0 Å². The highest BCUT2D eigenvalue weighted by Gasteiger charge is 2.77. The number of amides is 4. The van der Waals surface area contributed by atoms with E-state index in [4.69, 9.17) is 23.2 Å². The van der Waals surface area contributed by atoms with E-state index < -0.39 is 98.2 Å². The largest absolute Gasteiger partial charge is 0.508 e. The van der Waals surface area contributed by atoms with Crippen molar-refractivity contribution in [2.45, 2.75) is 35.4 Å². The zero-order valence-electron chi connectivity index (χ0n) is 30.6. The number of phenolic OH excluding ortho intramolecular Hbond substituents is 1. The number of allylic oxidation sites excluding steroid dienone is 2. The number of fused-ring (bicyclic) bond motifs is 4. The molecule has 4 amide bonds. The molecule has 10 nitrogen and oxygen atoms in total. The summed E-state index contributed by atoms with van der Waals surface area (Å²) in [6.07, 6.45) is 0.925. The molecule has 4 aliphatic rings. The van der Waals surface area contributed by atoms with E-state index in [0.717, 1.165) is 10.6 Å². The van der Waals surface area contributed by atoms with Crippen molar-refractivity contribution in [2.75, 3.05) is 28.8 Å². The summed E-state index contributed by atoms with van der Waals surface area (Å²) in [7, 11) is 3.82. The lowest BCUT2D eigenvalue weighted by Crippen LogP contribution is -2.60. The van der Waals surface area contributed by atoms with Crippen LogP contribution in [0, 0.1) is 53.8 Å². The van der Waals surface area contributed by atoms with E-state index in [0.29, 0.717) is 11.4 Å². The number of halogens is 7. The van der Waals surface area contributed by atoms with Crippen LogP contribution < -0.4 is 14.7 Å². The van der Waals surface area contributed by atoms with E-state index in [-0.39, 0.29) is 39.5 Å². The standard InChI is InChI=1S/C41H30Cl2F5N5O5/c1-18-16-19(4-15-27(18)54)29-24-13-14-25-28(37(56)52(36(25)55)23-11-7-21(8-12-23)50-49-20-5-9-22(10-6-20)51(2)3)26(24)17-40(42)38(57)53(39(58)41(29,40)43)35-33(47)31(45)30(44)32(46)34(35)48/h4-13,15-16,25-26,28-29,54H,14,17H2,1-3H3. The Balaban J connectivity index is 1.18. The Hall–Kier alpha value is -5.67. The molecule has 0 spiro atoms. The van der Waals surface area contributed by atoms with Crippen LogP contribution >= 0.6 is 23.2 Å². The first-order valence-electron chi connectivity index (χ1n) is 17.9. The van der Waals surface area contributed by atoms with Gasteiger partial charge in [-0.2, -0.15) is 10.2 Å². The molecule has 17 heteroatoms. The number of azo groups is 1. The van der Waals surface area contributed by atoms with Gasteiger partial charge in [0.2, 0.25) is 17.6 Å². The number of carbonyl (C=O) groups excluding carboxylic acids is 4. The molecule has 0 radical (unpaired) electrons. The molecule has 0 aromatic heterocycles. The van der Waals surface area contributed by atoms with Crippen molar-refractivity contribution in [1.29, 1.82) is 0 Å². The number of imide groups is 2. The molecule has 2 heterocycles. The normalized spacial score (nSPS) is 26.6. The van der Waals surface area contributed by atoms with E-state index in [9.17, 15) is 37.5 Å². The first-order valence-corrected chi connectivity index (χ1v) is 18.6. The molecule has 8 rings (SSSR count). The quantitative estimate of drug-likeness (QED) is 0.0395. The highest BCUT2D eigenvalue weighted by molar-refractivity contribution is 6.58. The molecular weight excluding hydrogens is 808 g/mol. The van der Waals surface area contributed by atoms with Crippen LogP contribution in [0.25, 0.3) is 0 Å². The number of nitrogens with zero attached hydrogens (tertiary/aromatic N) is 5. The van der Waals surface area contributed by atoms with Gasteiger partial charge in [-0.05, 0) is 91.4 Å². The van der Waals surface area contributed by atoms with Gasteiger partial charge in [-0.1, -0.05) is 23.8 Å². The van der Waals surface area contributed by atoms with Crippen molar-refractivity contribution < 1.29 is 46.2 Å². The van der Waals surface area contributed by atoms with Gasteiger partial charge in [-0.25, -0.2) is 26.9 Å². The minimum absolute atomic E-state index is 0.0319. The number of hydrogen-bond acceptors (Lipinski definition) is 8. The topological polar surface area (TPSA) is 123 Å². The summed E-state index contributed by atoms with van der Waals surface area (Å²) in [5, 5.41) is 18.8. The summed E-state index contributed by atoms with van der Waals surface area (Å²) in [6.45, 7) is 1.52. The molecule has 298 valence electrons. The first-order chi connectivity index (χ1) is 27.4. The van der Waals surface area contributed by atoms with Crippen molar-refractivity contribution in [3.05, 3.63) is 119 Å². The number of phenols is 1. The summed E-state index contributed by atoms with van der Waals surface area (Å²) in [5.41, 5.74) is 1.09.